The van der Waals surface area contributed by atoms with Crippen molar-refractivity contribution in [1.29, 1.82) is 0 Å². The summed E-state index contributed by atoms with van der Waals surface area (Å²) in [6.07, 6.45) is 4.72. The maximum absolute atomic E-state index is 12.7. The van der Waals surface area contributed by atoms with Crippen LogP contribution in [0.2, 0.25) is 0 Å². The summed E-state index contributed by atoms with van der Waals surface area (Å²) in [5.41, 5.74) is 8.88. The van der Waals surface area contributed by atoms with Crippen molar-refractivity contribution in [3.05, 3.63) is 23.3 Å². The van der Waals surface area contributed by atoms with Crippen molar-refractivity contribution in [2.45, 2.75) is 52.5 Å². The van der Waals surface area contributed by atoms with Crippen LogP contribution in [0.4, 0.5) is 0 Å². The maximum atomic E-state index is 12.7. The van der Waals surface area contributed by atoms with Crippen molar-refractivity contribution in [2.75, 3.05) is 13.1 Å². The lowest BCUT2D eigenvalue weighted by Gasteiger charge is -2.38. The van der Waals surface area contributed by atoms with E-state index in [0.29, 0.717) is 31.1 Å². The molecule has 1 amide bonds. The van der Waals surface area contributed by atoms with E-state index in [4.69, 9.17) is 5.73 Å². The average Bonchev–Trinajstić information content (AvgIpc) is 3.02. The van der Waals surface area contributed by atoms with Crippen LogP contribution in [-0.4, -0.2) is 49.5 Å². The van der Waals surface area contributed by atoms with Crippen LogP contribution in [0.3, 0.4) is 0 Å². The van der Waals surface area contributed by atoms with Gasteiger partial charge in [0.05, 0.1) is 0 Å². The summed E-state index contributed by atoms with van der Waals surface area (Å²) < 4.78 is 1.73. The van der Waals surface area contributed by atoms with Gasteiger partial charge < -0.3 is 10.6 Å². The molecular weight excluding hydrogens is 340 g/mol. The van der Waals surface area contributed by atoms with Gasteiger partial charge in [0, 0.05) is 36.9 Å². The zero-order valence-corrected chi connectivity index (χ0v) is 15.9. The molecule has 0 radical (unpaired) electrons. The quantitative estimate of drug-likeness (QED) is 0.889. The molecule has 2 atom stereocenters. The summed E-state index contributed by atoms with van der Waals surface area (Å²) in [5, 5.41) is 4.20. The van der Waals surface area contributed by atoms with Crippen LogP contribution >= 0.6 is 12.4 Å². The molecule has 2 aromatic heterocycles. The second-order valence-corrected chi connectivity index (χ2v) is 6.84. The van der Waals surface area contributed by atoms with E-state index in [1.54, 1.807) is 4.52 Å². The van der Waals surface area contributed by atoms with Gasteiger partial charge in [-0.3, -0.25) is 4.79 Å². The van der Waals surface area contributed by atoms with Crippen molar-refractivity contribution in [3.8, 4) is 0 Å². The summed E-state index contributed by atoms with van der Waals surface area (Å²) in [4.78, 5) is 23.3. The third-order valence-corrected chi connectivity index (χ3v) is 5.15. The molecule has 7 nitrogen and oxygen atoms in total. The number of rotatable bonds is 4. The van der Waals surface area contributed by atoms with Gasteiger partial charge in [-0.25, -0.2) is 9.50 Å². The predicted octanol–water partition coefficient (Wildman–Crippen LogP) is 1.68. The first-order chi connectivity index (χ1) is 11.5. The molecule has 138 valence electrons. The Hall–Kier alpha value is -1.73. The molecule has 0 spiro atoms. The second kappa shape index (κ2) is 8.10. The molecule has 1 aliphatic heterocycles. The highest BCUT2D eigenvalue weighted by atomic mass is 35.5. The Kier molecular flexibility index (Phi) is 6.35. The molecular formula is C17H27ClN6O. The summed E-state index contributed by atoms with van der Waals surface area (Å²) in [6.45, 7) is 7.56. The van der Waals surface area contributed by atoms with Crippen molar-refractivity contribution >= 4 is 24.1 Å². The van der Waals surface area contributed by atoms with Gasteiger partial charge in [0.15, 0.2) is 0 Å². The first kappa shape index (κ1) is 19.6. The van der Waals surface area contributed by atoms with Crippen molar-refractivity contribution < 1.29 is 4.79 Å². The topological polar surface area (TPSA) is 89.4 Å². The molecule has 0 bridgehead atoms. The first-order valence-corrected chi connectivity index (χ1v) is 8.66. The maximum Gasteiger partial charge on any atom is 0.252 e. The lowest BCUT2D eigenvalue weighted by molar-refractivity contribution is -0.135. The standard InChI is InChI=1S/C17H26N6O.ClH/c1-11-6-7-22(14(8-11)9-18)16(24)5-4-15-12(2)21-17-19-10-20-23(17)13(15)3;/h10-11,14H,4-9,18H2,1-3H3;1H. The molecule has 1 fully saturated rings. The Morgan fingerprint density at radius 1 is 1.40 bits per heavy atom. The van der Waals surface area contributed by atoms with Gasteiger partial charge >= 0.3 is 0 Å². The van der Waals surface area contributed by atoms with E-state index in [-0.39, 0.29) is 24.4 Å². The van der Waals surface area contributed by atoms with Crippen LogP contribution in [-0.2, 0) is 11.2 Å². The Bertz CT molecular complexity index is 746. The SMILES string of the molecule is Cc1nc2ncnn2c(C)c1CCC(=O)N1CCC(C)CC1CN.Cl. The van der Waals surface area contributed by atoms with Crippen molar-refractivity contribution in [3.63, 3.8) is 0 Å². The van der Waals surface area contributed by atoms with Crippen LogP contribution < -0.4 is 5.73 Å². The van der Waals surface area contributed by atoms with Gasteiger partial charge in [-0.05, 0) is 44.6 Å². The number of hydrogen-bond donors (Lipinski definition) is 1. The molecule has 2 unspecified atom stereocenters. The average molecular weight is 367 g/mol. The second-order valence-electron chi connectivity index (χ2n) is 6.84. The zero-order valence-electron chi connectivity index (χ0n) is 15.1. The molecule has 2 N–H and O–H groups in total. The fraction of sp³-hybridized carbons (Fsp3) is 0.647. The summed E-state index contributed by atoms with van der Waals surface area (Å²) >= 11 is 0. The lowest BCUT2D eigenvalue weighted by atomic mass is 9.92. The smallest absolute Gasteiger partial charge is 0.252 e. The zero-order chi connectivity index (χ0) is 17.3. The number of piperidine rings is 1. The molecule has 0 saturated carbocycles. The van der Waals surface area contributed by atoms with Crippen molar-refractivity contribution in [1.82, 2.24) is 24.5 Å². The van der Waals surface area contributed by atoms with E-state index in [0.717, 1.165) is 36.3 Å². The highest BCUT2D eigenvalue weighted by molar-refractivity contribution is 5.85. The van der Waals surface area contributed by atoms with Crippen LogP contribution in [0.15, 0.2) is 6.33 Å². The van der Waals surface area contributed by atoms with E-state index in [1.807, 2.05) is 18.7 Å². The van der Waals surface area contributed by atoms with Crippen molar-refractivity contribution in [2.24, 2.45) is 11.7 Å². The van der Waals surface area contributed by atoms with Crippen LogP contribution in [0.25, 0.3) is 5.78 Å². The number of aromatic nitrogens is 4. The summed E-state index contributed by atoms with van der Waals surface area (Å²) in [7, 11) is 0. The van der Waals surface area contributed by atoms with Gasteiger partial charge in [-0.15, -0.1) is 12.4 Å². The molecule has 1 aliphatic rings. The number of carbonyl (C=O) groups is 1. The molecule has 3 rings (SSSR count). The summed E-state index contributed by atoms with van der Waals surface area (Å²) in [5.74, 6) is 1.44. The first-order valence-electron chi connectivity index (χ1n) is 8.66. The van der Waals surface area contributed by atoms with E-state index >= 15 is 0 Å². The Balaban J connectivity index is 0.00000225. The molecule has 2 aromatic rings. The normalized spacial score (nSPS) is 20.6. The minimum absolute atomic E-state index is 0. The molecule has 0 aromatic carbocycles. The van der Waals surface area contributed by atoms with Crippen LogP contribution in [0.1, 0.15) is 43.1 Å². The fourth-order valence-corrected chi connectivity index (χ4v) is 3.70. The fourth-order valence-electron chi connectivity index (χ4n) is 3.70. The molecule has 25 heavy (non-hydrogen) atoms. The van der Waals surface area contributed by atoms with E-state index in [2.05, 4.69) is 22.0 Å². The van der Waals surface area contributed by atoms with Crippen LogP contribution in [0.5, 0.6) is 0 Å². The predicted molar refractivity (Wildman–Crippen MR) is 98.8 cm³/mol. The van der Waals surface area contributed by atoms with Gasteiger partial charge in [-0.1, -0.05) is 6.92 Å². The monoisotopic (exact) mass is 366 g/mol. The number of fused-ring (bicyclic) bond motifs is 1. The van der Waals surface area contributed by atoms with Gasteiger partial charge in [0.1, 0.15) is 6.33 Å². The van der Waals surface area contributed by atoms with Crippen LogP contribution in [0, 0.1) is 19.8 Å². The molecule has 3 heterocycles. The van der Waals surface area contributed by atoms with E-state index in [9.17, 15) is 4.79 Å². The Morgan fingerprint density at radius 3 is 2.88 bits per heavy atom. The van der Waals surface area contributed by atoms with Gasteiger partial charge in [0.2, 0.25) is 5.91 Å². The number of carbonyl (C=O) groups excluding carboxylic acids is 1. The third kappa shape index (κ3) is 3.93. The highest BCUT2D eigenvalue weighted by Crippen LogP contribution is 2.23. The lowest BCUT2D eigenvalue weighted by Crippen LogP contribution is -2.49. The van der Waals surface area contributed by atoms with Gasteiger partial charge in [0.25, 0.3) is 5.78 Å². The highest BCUT2D eigenvalue weighted by Gasteiger charge is 2.28. The van der Waals surface area contributed by atoms with E-state index < -0.39 is 0 Å². The van der Waals surface area contributed by atoms with Gasteiger partial charge in [-0.2, -0.15) is 10.1 Å². The number of nitrogens with two attached hydrogens (primary N) is 1. The molecule has 1 saturated heterocycles. The molecule has 8 heteroatoms. The third-order valence-electron chi connectivity index (χ3n) is 5.15. The minimum Gasteiger partial charge on any atom is -0.338 e. The Morgan fingerprint density at radius 2 is 2.16 bits per heavy atom. The molecule has 0 aliphatic carbocycles. The summed E-state index contributed by atoms with van der Waals surface area (Å²) in [6, 6.07) is 0.180. The largest absolute Gasteiger partial charge is 0.338 e. The number of nitrogens with zero attached hydrogens (tertiary/aromatic N) is 5. The number of hydrogen-bond acceptors (Lipinski definition) is 5. The number of aryl methyl sites for hydroxylation is 2. The number of halogens is 1. The minimum atomic E-state index is 0. The Labute approximate surface area is 154 Å². The number of likely N-dealkylation sites (tertiary alicyclic amines) is 1. The number of amides is 1. The van der Waals surface area contributed by atoms with E-state index in [1.165, 1.54) is 6.33 Å².